The molecule has 0 aliphatic rings. The summed E-state index contributed by atoms with van der Waals surface area (Å²) in [7, 11) is 0. The molecule has 0 amide bonds. The molecule has 0 aromatic carbocycles. The van der Waals surface area contributed by atoms with E-state index in [-0.39, 0.29) is 0 Å². The molecule has 0 atom stereocenters. The Hall–Kier alpha value is 1.03. The first-order chi connectivity index (χ1) is 8.67. The van der Waals surface area contributed by atoms with Gasteiger partial charge in [0.15, 0.2) is 0 Å². The van der Waals surface area contributed by atoms with Gasteiger partial charge in [-0.3, -0.25) is 0 Å². The van der Waals surface area contributed by atoms with E-state index in [1.807, 2.05) is 0 Å². The molecule has 18 heavy (non-hydrogen) atoms. The summed E-state index contributed by atoms with van der Waals surface area (Å²) >= 11 is -4.78. The summed E-state index contributed by atoms with van der Waals surface area (Å²) in [6.07, 6.45) is 4.60. The van der Waals surface area contributed by atoms with Crippen LogP contribution in [-0.4, -0.2) is 45.9 Å². The molecule has 0 saturated carbocycles. The summed E-state index contributed by atoms with van der Waals surface area (Å²) in [5.74, 6) is 0. The molecule has 0 aromatic rings. The number of carbonyl (C=O) groups excluding carboxylic acids is 1. The van der Waals surface area contributed by atoms with Crippen molar-refractivity contribution in [2.45, 2.75) is 71.1 Å². The number of hydrogen-bond acceptors (Lipinski definition) is 3. The van der Waals surface area contributed by atoms with Gasteiger partial charge < -0.3 is 0 Å². The van der Waals surface area contributed by atoms with Crippen molar-refractivity contribution in [2.24, 2.45) is 0 Å². The van der Waals surface area contributed by atoms with Gasteiger partial charge in [-0.1, -0.05) is 0 Å². The number of carbonyl (C=O) groups is 1. The summed E-state index contributed by atoms with van der Waals surface area (Å²) in [6, 6.07) is 0. The first-order valence-corrected chi connectivity index (χ1v) is 18.9. The molecule has 0 spiro atoms. The summed E-state index contributed by atoms with van der Waals surface area (Å²) in [4.78, 5) is 10.8. The molecule has 0 aliphatic heterocycles. The van der Waals surface area contributed by atoms with Crippen LogP contribution in [0.2, 0.25) is 17.7 Å². The Balaban J connectivity index is 4.71. The van der Waals surface area contributed by atoms with Crippen LogP contribution in [-0.2, 0) is 9.28 Å². The molecular formula is C13H29O3Sn2. The van der Waals surface area contributed by atoms with Gasteiger partial charge in [0.2, 0.25) is 0 Å². The van der Waals surface area contributed by atoms with Gasteiger partial charge in [0.25, 0.3) is 0 Å². The van der Waals surface area contributed by atoms with Crippen molar-refractivity contribution in [1.82, 2.24) is 0 Å². The quantitative estimate of drug-likeness (QED) is 0.316. The molecule has 0 aromatic heterocycles. The van der Waals surface area contributed by atoms with Crippen LogP contribution in [0.1, 0.15) is 53.4 Å². The van der Waals surface area contributed by atoms with Gasteiger partial charge in [-0.05, 0) is 0 Å². The van der Waals surface area contributed by atoms with E-state index in [4.69, 9.17) is 4.49 Å². The van der Waals surface area contributed by atoms with Gasteiger partial charge in [-0.2, -0.15) is 0 Å². The third kappa shape index (κ3) is 7.58. The third-order valence-electron chi connectivity index (χ3n) is 2.91. The van der Waals surface area contributed by atoms with E-state index in [0.717, 1.165) is 21.7 Å². The minimum absolute atomic E-state index is 0.667. The van der Waals surface area contributed by atoms with E-state index >= 15 is 0 Å². The van der Waals surface area contributed by atoms with Gasteiger partial charge in [-0.15, -0.1) is 0 Å². The second-order valence-corrected chi connectivity index (χ2v) is 23.9. The van der Waals surface area contributed by atoms with Crippen LogP contribution in [0.4, 0.5) is 0 Å². The standard InChI is InChI=1S/4C3H7.CH2O2.O.2Sn/c4*1-3-2;2-1-3;;;/h4*1,3H2,2H3;1H,(H,2,3);;;/q;;;;;;;+1/p-1. The Bertz CT molecular complexity index is 200. The fraction of sp³-hybridized carbons (Fsp3) is 0.923. The van der Waals surface area contributed by atoms with E-state index in [1.54, 1.807) is 0 Å². The predicted octanol–water partition coefficient (Wildman–Crippen LogP) is 4.25. The topological polar surface area (TPSA) is 35.5 Å². The normalized spacial score (nSPS) is 11.8. The molecular weight excluding hydrogens is 442 g/mol. The summed E-state index contributed by atoms with van der Waals surface area (Å²) < 4.78 is 16.8. The van der Waals surface area contributed by atoms with E-state index in [2.05, 4.69) is 27.7 Å². The van der Waals surface area contributed by atoms with E-state index < -0.39 is 39.4 Å². The average Bonchev–Trinajstić information content (AvgIpc) is 2.30. The van der Waals surface area contributed by atoms with Gasteiger partial charge in [0.05, 0.1) is 0 Å². The van der Waals surface area contributed by atoms with Crippen molar-refractivity contribution < 1.29 is 9.28 Å². The van der Waals surface area contributed by atoms with Gasteiger partial charge in [-0.25, -0.2) is 0 Å². The van der Waals surface area contributed by atoms with Crippen LogP contribution >= 0.6 is 0 Å². The molecule has 0 bridgehead atoms. The fourth-order valence-corrected chi connectivity index (χ4v) is 34.0. The minimum atomic E-state index is -3.04. The Labute approximate surface area is 125 Å². The molecule has 0 saturated heterocycles. The molecule has 0 heterocycles. The molecule has 0 aliphatic carbocycles. The number of rotatable bonds is 12. The molecule has 1 radical (unpaired) electrons. The Kier molecular flexibility index (Phi) is 12.5. The Morgan fingerprint density at radius 1 is 0.944 bits per heavy atom. The van der Waals surface area contributed by atoms with Crippen LogP contribution < -0.4 is 0 Å². The molecule has 0 fully saturated rings. The van der Waals surface area contributed by atoms with Crippen LogP contribution in [0.5, 0.6) is 0 Å². The van der Waals surface area contributed by atoms with Gasteiger partial charge >= 0.3 is 126 Å². The summed E-state index contributed by atoms with van der Waals surface area (Å²) in [6.45, 7) is 9.47. The Morgan fingerprint density at radius 2 is 1.44 bits per heavy atom. The average molecular weight is 471 g/mol. The molecule has 5 heteroatoms. The van der Waals surface area contributed by atoms with Gasteiger partial charge in [0.1, 0.15) is 0 Å². The first-order valence-electron chi connectivity index (χ1n) is 7.33. The zero-order chi connectivity index (χ0) is 13.9. The van der Waals surface area contributed by atoms with Gasteiger partial charge in [0, 0.05) is 0 Å². The maximum atomic E-state index is 10.8. The number of hydrogen-bond donors (Lipinski definition) is 0. The summed E-state index contributed by atoms with van der Waals surface area (Å²) in [5, 5.41) is 0. The van der Waals surface area contributed by atoms with Crippen molar-refractivity contribution in [3.63, 3.8) is 0 Å². The van der Waals surface area contributed by atoms with E-state index in [0.29, 0.717) is 6.47 Å². The SMILES string of the molecule is CC[CH2][Sn]([CH2]CC)[O][Sn]([CH2]CC)([CH2]CC)[O]C=O. The van der Waals surface area contributed by atoms with Crippen molar-refractivity contribution >= 4 is 45.9 Å². The molecule has 0 N–H and O–H groups in total. The summed E-state index contributed by atoms with van der Waals surface area (Å²) in [5.41, 5.74) is 0. The van der Waals surface area contributed by atoms with Crippen molar-refractivity contribution in [2.75, 3.05) is 0 Å². The zero-order valence-electron chi connectivity index (χ0n) is 12.5. The molecule has 0 rings (SSSR count). The van der Waals surface area contributed by atoms with Crippen molar-refractivity contribution in [3.05, 3.63) is 0 Å². The third-order valence-corrected chi connectivity index (χ3v) is 32.2. The van der Waals surface area contributed by atoms with Crippen LogP contribution in [0.3, 0.4) is 0 Å². The predicted molar refractivity (Wildman–Crippen MR) is 80.1 cm³/mol. The van der Waals surface area contributed by atoms with Crippen molar-refractivity contribution in [3.8, 4) is 0 Å². The van der Waals surface area contributed by atoms with Crippen LogP contribution in [0, 0.1) is 0 Å². The Morgan fingerprint density at radius 3 is 1.78 bits per heavy atom. The molecule has 3 nitrogen and oxygen atoms in total. The second-order valence-electron chi connectivity index (χ2n) is 4.77. The van der Waals surface area contributed by atoms with E-state index in [1.165, 1.54) is 21.7 Å². The van der Waals surface area contributed by atoms with Crippen LogP contribution in [0.25, 0.3) is 0 Å². The van der Waals surface area contributed by atoms with Crippen LogP contribution in [0.15, 0.2) is 0 Å². The molecule has 107 valence electrons. The fourth-order valence-electron chi connectivity index (χ4n) is 2.27. The zero-order valence-corrected chi connectivity index (χ0v) is 18.2. The monoisotopic (exact) mass is 473 g/mol. The maximum absolute atomic E-state index is 10.8. The molecule has 0 unspecified atom stereocenters. The second kappa shape index (κ2) is 11.8. The van der Waals surface area contributed by atoms with Crippen molar-refractivity contribution in [1.29, 1.82) is 0 Å². The first kappa shape index (κ1) is 19.0. The van der Waals surface area contributed by atoms with E-state index in [9.17, 15) is 4.79 Å².